The number of hydrogen-bond donors (Lipinski definition) is 0. The molecule has 0 aliphatic carbocycles. The van der Waals surface area contributed by atoms with Crippen LogP contribution in [0.4, 0.5) is 5.95 Å². The highest BCUT2D eigenvalue weighted by molar-refractivity contribution is 7.84. The van der Waals surface area contributed by atoms with Crippen molar-refractivity contribution in [2.45, 2.75) is 64.6 Å². The first-order valence-electron chi connectivity index (χ1n) is 11.5. The molecule has 178 valence electrons. The van der Waals surface area contributed by atoms with Crippen LogP contribution in [-0.2, 0) is 28.6 Å². The zero-order valence-corrected chi connectivity index (χ0v) is 20.9. The Hall–Kier alpha value is -2.65. The number of aryl methyl sites for hydroxylation is 2. The summed E-state index contributed by atoms with van der Waals surface area (Å²) in [5.74, 6) is 1.75. The average Bonchev–Trinajstić information content (AvgIpc) is 3.33. The summed E-state index contributed by atoms with van der Waals surface area (Å²) in [6.07, 6.45) is 8.11. The smallest absolute Gasteiger partial charge is 0.252 e. The number of rotatable bonds is 7. The standard InChI is InChI=1S/C22H27N5O3S.C2H6/c1-4-16-11-17(5-6-19(16)31(3)28)21-25-20(30-26-21)14-29-18-7-9-27(10-8-18)22-23-12-15(2)13-24-22;1-2/h5-6,11-13,18H,4,7-10,14H2,1-3H3;1-2H3. The summed E-state index contributed by atoms with van der Waals surface area (Å²) >= 11 is 0. The van der Waals surface area contributed by atoms with Gasteiger partial charge in [-0.1, -0.05) is 25.9 Å². The van der Waals surface area contributed by atoms with E-state index in [0.717, 1.165) is 59.9 Å². The van der Waals surface area contributed by atoms with Crippen molar-refractivity contribution in [1.29, 1.82) is 0 Å². The minimum atomic E-state index is -1.02. The molecule has 1 aliphatic heterocycles. The van der Waals surface area contributed by atoms with Crippen LogP contribution in [0.5, 0.6) is 0 Å². The third-order valence-electron chi connectivity index (χ3n) is 5.41. The largest absolute Gasteiger partial charge is 0.368 e. The molecule has 0 saturated carbocycles. The molecule has 33 heavy (non-hydrogen) atoms. The highest BCUT2D eigenvalue weighted by Crippen LogP contribution is 2.23. The van der Waals surface area contributed by atoms with Crippen LogP contribution < -0.4 is 4.90 Å². The van der Waals surface area contributed by atoms with Gasteiger partial charge in [-0.05, 0) is 55.5 Å². The predicted molar refractivity (Wildman–Crippen MR) is 130 cm³/mol. The number of benzene rings is 1. The summed E-state index contributed by atoms with van der Waals surface area (Å²) in [5, 5.41) is 4.09. The van der Waals surface area contributed by atoms with Crippen molar-refractivity contribution in [3.05, 3.63) is 47.6 Å². The number of hydrogen-bond acceptors (Lipinski definition) is 8. The normalized spacial score (nSPS) is 15.1. The van der Waals surface area contributed by atoms with Gasteiger partial charge >= 0.3 is 0 Å². The van der Waals surface area contributed by atoms with E-state index in [1.54, 1.807) is 6.26 Å². The van der Waals surface area contributed by atoms with Crippen LogP contribution in [0.3, 0.4) is 0 Å². The zero-order valence-electron chi connectivity index (χ0n) is 20.1. The van der Waals surface area contributed by atoms with Crippen LogP contribution >= 0.6 is 0 Å². The van der Waals surface area contributed by atoms with Crippen LogP contribution in [0.25, 0.3) is 11.4 Å². The first-order chi connectivity index (χ1) is 16.0. The van der Waals surface area contributed by atoms with Crippen molar-refractivity contribution < 1.29 is 13.5 Å². The summed E-state index contributed by atoms with van der Waals surface area (Å²) in [6, 6.07) is 5.74. The molecular weight excluding hydrogens is 438 g/mol. The third-order valence-corrected chi connectivity index (χ3v) is 6.43. The zero-order chi connectivity index (χ0) is 23.8. The Morgan fingerprint density at radius 3 is 2.52 bits per heavy atom. The third kappa shape index (κ3) is 6.45. The molecule has 0 radical (unpaired) electrons. The first-order valence-corrected chi connectivity index (χ1v) is 13.0. The van der Waals surface area contributed by atoms with E-state index in [-0.39, 0.29) is 12.7 Å². The molecule has 1 atom stereocenters. The fraction of sp³-hybridized carbons (Fsp3) is 0.500. The Labute approximate surface area is 198 Å². The van der Waals surface area contributed by atoms with Crippen LogP contribution in [0.1, 0.15) is 50.6 Å². The SMILES string of the molecule is CC.CCc1cc(-c2noc(COC3CCN(c4ncc(C)cn4)CC3)n2)ccc1S(C)=O. The molecule has 0 bridgehead atoms. The van der Waals surface area contributed by atoms with Crippen molar-refractivity contribution in [1.82, 2.24) is 20.1 Å². The highest BCUT2D eigenvalue weighted by atomic mass is 32.2. The fourth-order valence-corrected chi connectivity index (χ4v) is 4.50. The first kappa shape index (κ1) is 25.0. The molecule has 1 unspecified atom stereocenters. The van der Waals surface area contributed by atoms with E-state index in [0.29, 0.717) is 11.7 Å². The summed E-state index contributed by atoms with van der Waals surface area (Å²) in [7, 11) is -1.02. The lowest BCUT2D eigenvalue weighted by molar-refractivity contribution is 0.0119. The summed E-state index contributed by atoms with van der Waals surface area (Å²) in [6.45, 7) is 10.0. The topological polar surface area (TPSA) is 94.2 Å². The lowest BCUT2D eigenvalue weighted by Gasteiger charge is -2.31. The molecule has 0 amide bonds. The maximum absolute atomic E-state index is 11.9. The van der Waals surface area contributed by atoms with Crippen LogP contribution in [-0.4, -0.2) is 49.8 Å². The second-order valence-electron chi connectivity index (χ2n) is 7.70. The van der Waals surface area contributed by atoms with Crippen molar-refractivity contribution in [2.24, 2.45) is 0 Å². The Morgan fingerprint density at radius 2 is 1.88 bits per heavy atom. The lowest BCUT2D eigenvalue weighted by atomic mass is 10.1. The van der Waals surface area contributed by atoms with Gasteiger partial charge in [0.1, 0.15) is 6.61 Å². The molecule has 0 N–H and O–H groups in total. The Kier molecular flexibility index (Phi) is 9.08. The van der Waals surface area contributed by atoms with Gasteiger partial charge in [0.25, 0.3) is 5.89 Å². The number of nitrogens with zero attached hydrogens (tertiary/aromatic N) is 5. The number of piperidine rings is 1. The summed E-state index contributed by atoms with van der Waals surface area (Å²) in [4.78, 5) is 16.3. The molecule has 9 heteroatoms. The van der Waals surface area contributed by atoms with E-state index in [2.05, 4.69) is 25.0 Å². The van der Waals surface area contributed by atoms with Gasteiger partial charge in [0, 0.05) is 42.2 Å². The van der Waals surface area contributed by atoms with Gasteiger partial charge < -0.3 is 14.2 Å². The van der Waals surface area contributed by atoms with Crippen molar-refractivity contribution in [2.75, 3.05) is 24.2 Å². The highest BCUT2D eigenvalue weighted by Gasteiger charge is 2.22. The quantitative estimate of drug-likeness (QED) is 0.502. The molecule has 8 nitrogen and oxygen atoms in total. The Morgan fingerprint density at radius 1 is 1.18 bits per heavy atom. The number of anilines is 1. The van der Waals surface area contributed by atoms with E-state index < -0.39 is 10.8 Å². The van der Waals surface area contributed by atoms with E-state index >= 15 is 0 Å². The van der Waals surface area contributed by atoms with Gasteiger partial charge in [0.2, 0.25) is 11.8 Å². The van der Waals surface area contributed by atoms with Crippen molar-refractivity contribution in [3.63, 3.8) is 0 Å². The molecule has 1 aliphatic rings. The second kappa shape index (κ2) is 12.0. The molecule has 0 spiro atoms. The summed E-state index contributed by atoms with van der Waals surface area (Å²) in [5.41, 5.74) is 2.95. The van der Waals surface area contributed by atoms with E-state index in [4.69, 9.17) is 9.26 Å². The summed E-state index contributed by atoms with van der Waals surface area (Å²) < 4.78 is 23.3. The fourth-order valence-electron chi connectivity index (χ4n) is 3.67. The van der Waals surface area contributed by atoms with E-state index in [1.807, 2.05) is 58.3 Å². The van der Waals surface area contributed by atoms with E-state index in [9.17, 15) is 4.21 Å². The molecule has 1 aromatic carbocycles. The number of ether oxygens (including phenoxy) is 1. The number of aromatic nitrogens is 4. The van der Waals surface area contributed by atoms with Crippen LogP contribution in [0, 0.1) is 6.92 Å². The average molecular weight is 472 g/mol. The van der Waals surface area contributed by atoms with Gasteiger partial charge in [-0.3, -0.25) is 4.21 Å². The maximum atomic E-state index is 11.9. The Balaban J connectivity index is 0.00000149. The van der Waals surface area contributed by atoms with Gasteiger partial charge in [0.05, 0.1) is 16.9 Å². The predicted octanol–water partition coefficient (Wildman–Crippen LogP) is 4.35. The van der Waals surface area contributed by atoms with Crippen LogP contribution in [0.15, 0.2) is 40.0 Å². The minimum Gasteiger partial charge on any atom is -0.368 e. The van der Waals surface area contributed by atoms with Crippen molar-refractivity contribution >= 4 is 16.7 Å². The molecule has 2 aromatic heterocycles. The molecule has 1 saturated heterocycles. The van der Waals surface area contributed by atoms with Gasteiger partial charge in [-0.2, -0.15) is 4.98 Å². The van der Waals surface area contributed by atoms with Gasteiger partial charge in [-0.25, -0.2) is 9.97 Å². The monoisotopic (exact) mass is 471 g/mol. The Bertz CT molecular complexity index is 1050. The van der Waals surface area contributed by atoms with E-state index in [1.165, 1.54) is 0 Å². The molecule has 3 aromatic rings. The second-order valence-corrected chi connectivity index (χ2v) is 9.05. The molecular formula is C24H33N5O3S. The molecule has 1 fully saturated rings. The lowest BCUT2D eigenvalue weighted by Crippen LogP contribution is -2.38. The minimum absolute atomic E-state index is 0.141. The van der Waals surface area contributed by atoms with Crippen molar-refractivity contribution in [3.8, 4) is 11.4 Å². The van der Waals surface area contributed by atoms with Gasteiger partial charge in [0.15, 0.2) is 0 Å². The van der Waals surface area contributed by atoms with Crippen LogP contribution in [0.2, 0.25) is 0 Å². The maximum Gasteiger partial charge on any atom is 0.252 e. The molecule has 4 rings (SSSR count). The molecule has 3 heterocycles. The van der Waals surface area contributed by atoms with Gasteiger partial charge in [-0.15, -0.1) is 0 Å².